The Labute approximate surface area is 126 Å². The minimum Gasteiger partial charge on any atom is -0.359 e. The molecular formula is C15H15N5O2. The van der Waals surface area contributed by atoms with E-state index in [4.69, 9.17) is 4.52 Å². The Morgan fingerprint density at radius 2 is 2.23 bits per heavy atom. The number of nitrogens with one attached hydrogen (secondary N) is 1. The summed E-state index contributed by atoms with van der Waals surface area (Å²) >= 11 is 0. The highest BCUT2D eigenvalue weighted by atomic mass is 16.5. The van der Waals surface area contributed by atoms with Crippen molar-refractivity contribution in [1.82, 2.24) is 19.8 Å². The number of fused-ring (bicyclic) bond motifs is 1. The van der Waals surface area contributed by atoms with E-state index in [9.17, 15) is 4.79 Å². The smallest absolute Gasteiger partial charge is 0.261 e. The first-order chi connectivity index (χ1) is 10.6. The van der Waals surface area contributed by atoms with Gasteiger partial charge in [-0.1, -0.05) is 5.16 Å². The van der Waals surface area contributed by atoms with Crippen LogP contribution >= 0.6 is 0 Å². The molecule has 0 radical (unpaired) electrons. The molecule has 7 nitrogen and oxygen atoms in total. The molecular weight excluding hydrogens is 282 g/mol. The third-order valence-electron chi connectivity index (χ3n) is 3.83. The second kappa shape index (κ2) is 4.66. The summed E-state index contributed by atoms with van der Waals surface area (Å²) in [5, 5.41) is 11.0. The molecule has 1 fully saturated rings. The van der Waals surface area contributed by atoms with Crippen molar-refractivity contribution in [3.8, 4) is 0 Å². The maximum atomic E-state index is 12.6. The number of hydrogen-bond acceptors (Lipinski definition) is 5. The largest absolute Gasteiger partial charge is 0.359 e. The van der Waals surface area contributed by atoms with Gasteiger partial charge in [0, 0.05) is 17.8 Å². The Kier molecular flexibility index (Phi) is 2.75. The van der Waals surface area contributed by atoms with E-state index in [0.29, 0.717) is 28.5 Å². The first-order valence-corrected chi connectivity index (χ1v) is 7.22. The van der Waals surface area contributed by atoms with Crippen LogP contribution in [0.1, 0.15) is 46.3 Å². The van der Waals surface area contributed by atoms with Crippen molar-refractivity contribution >= 4 is 17.2 Å². The molecule has 7 heteroatoms. The normalized spacial score (nSPS) is 14.5. The fourth-order valence-electron chi connectivity index (χ4n) is 2.46. The van der Waals surface area contributed by atoms with Crippen molar-refractivity contribution in [3.63, 3.8) is 0 Å². The van der Waals surface area contributed by atoms with Gasteiger partial charge < -0.3 is 9.84 Å². The fourth-order valence-corrected chi connectivity index (χ4v) is 2.46. The zero-order chi connectivity index (χ0) is 15.3. The van der Waals surface area contributed by atoms with E-state index in [2.05, 4.69) is 20.6 Å². The molecule has 0 atom stereocenters. The number of nitrogens with zero attached hydrogens (tertiary/aromatic N) is 4. The second-order valence-electron chi connectivity index (χ2n) is 5.63. The molecule has 1 aliphatic rings. The molecule has 1 aliphatic carbocycles. The van der Waals surface area contributed by atoms with Gasteiger partial charge in [-0.2, -0.15) is 5.10 Å². The van der Waals surface area contributed by atoms with E-state index in [1.54, 1.807) is 10.7 Å². The van der Waals surface area contributed by atoms with E-state index in [-0.39, 0.29) is 5.91 Å². The number of anilines is 1. The molecule has 112 valence electrons. The summed E-state index contributed by atoms with van der Waals surface area (Å²) in [5.41, 5.74) is 3.18. The molecule has 3 aromatic heterocycles. The molecule has 1 N–H and O–H groups in total. The van der Waals surface area contributed by atoms with Gasteiger partial charge in [0.2, 0.25) is 0 Å². The van der Waals surface area contributed by atoms with Gasteiger partial charge in [-0.15, -0.1) is 0 Å². The quantitative estimate of drug-likeness (QED) is 0.802. The summed E-state index contributed by atoms with van der Waals surface area (Å²) in [6.07, 6.45) is 5.47. The first-order valence-electron chi connectivity index (χ1n) is 7.22. The van der Waals surface area contributed by atoms with Crippen LogP contribution in [0, 0.1) is 13.8 Å². The third-order valence-corrected chi connectivity index (χ3v) is 3.83. The SMILES string of the molecule is Cc1ccn2ncc(C(=O)Nc3c(C)noc3C3CC3)c2n1. The number of carbonyl (C=O) groups excluding carboxylic acids is 1. The van der Waals surface area contributed by atoms with Crippen LogP contribution < -0.4 is 5.32 Å². The van der Waals surface area contributed by atoms with E-state index < -0.39 is 0 Å². The van der Waals surface area contributed by atoms with Crippen molar-refractivity contribution in [3.05, 3.63) is 41.2 Å². The Morgan fingerprint density at radius 3 is 3.00 bits per heavy atom. The van der Waals surface area contributed by atoms with Crippen molar-refractivity contribution in [2.75, 3.05) is 5.32 Å². The van der Waals surface area contributed by atoms with Crippen LogP contribution in [-0.2, 0) is 0 Å². The summed E-state index contributed by atoms with van der Waals surface area (Å²) in [6, 6.07) is 1.84. The average Bonchev–Trinajstić information content (AvgIpc) is 3.16. The van der Waals surface area contributed by atoms with Gasteiger partial charge in [0.05, 0.1) is 6.20 Å². The minimum atomic E-state index is -0.249. The summed E-state index contributed by atoms with van der Waals surface area (Å²) in [4.78, 5) is 17.0. The number of amides is 1. The van der Waals surface area contributed by atoms with Gasteiger partial charge in [0.25, 0.3) is 5.91 Å². The van der Waals surface area contributed by atoms with Crippen LogP contribution in [0.4, 0.5) is 5.69 Å². The van der Waals surface area contributed by atoms with Gasteiger partial charge in [-0.05, 0) is 32.8 Å². The molecule has 0 aromatic carbocycles. The minimum absolute atomic E-state index is 0.249. The van der Waals surface area contributed by atoms with Crippen molar-refractivity contribution < 1.29 is 9.32 Å². The van der Waals surface area contributed by atoms with Crippen LogP contribution in [0.5, 0.6) is 0 Å². The van der Waals surface area contributed by atoms with E-state index in [0.717, 1.165) is 24.3 Å². The third kappa shape index (κ3) is 2.05. The molecule has 22 heavy (non-hydrogen) atoms. The summed E-state index contributed by atoms with van der Waals surface area (Å²) in [5.74, 6) is 0.897. The van der Waals surface area contributed by atoms with E-state index in [1.807, 2.05) is 19.9 Å². The predicted molar refractivity (Wildman–Crippen MR) is 78.9 cm³/mol. The molecule has 1 saturated carbocycles. The lowest BCUT2D eigenvalue weighted by atomic mass is 10.2. The van der Waals surface area contributed by atoms with Crippen LogP contribution in [0.15, 0.2) is 23.0 Å². The van der Waals surface area contributed by atoms with Gasteiger partial charge in [-0.3, -0.25) is 4.79 Å². The van der Waals surface area contributed by atoms with Crippen molar-refractivity contribution in [1.29, 1.82) is 0 Å². The predicted octanol–water partition coefficient (Wildman–Crippen LogP) is 2.46. The first kappa shape index (κ1) is 13.0. The van der Waals surface area contributed by atoms with Crippen LogP contribution in [-0.4, -0.2) is 25.7 Å². The topological polar surface area (TPSA) is 85.3 Å². The highest BCUT2D eigenvalue weighted by Crippen LogP contribution is 2.44. The Bertz CT molecular complexity index is 875. The monoisotopic (exact) mass is 297 g/mol. The number of carbonyl (C=O) groups is 1. The maximum absolute atomic E-state index is 12.6. The fraction of sp³-hybridized carbons (Fsp3) is 0.333. The Morgan fingerprint density at radius 1 is 1.41 bits per heavy atom. The van der Waals surface area contributed by atoms with E-state index in [1.165, 1.54) is 6.20 Å². The van der Waals surface area contributed by atoms with Gasteiger partial charge >= 0.3 is 0 Å². The highest BCUT2D eigenvalue weighted by Gasteiger charge is 2.32. The molecule has 0 saturated heterocycles. The van der Waals surface area contributed by atoms with Crippen molar-refractivity contribution in [2.45, 2.75) is 32.6 Å². The molecule has 4 rings (SSSR count). The average molecular weight is 297 g/mol. The lowest BCUT2D eigenvalue weighted by Gasteiger charge is -2.04. The van der Waals surface area contributed by atoms with E-state index >= 15 is 0 Å². The second-order valence-corrected chi connectivity index (χ2v) is 5.63. The molecule has 3 heterocycles. The Balaban J connectivity index is 1.69. The van der Waals surface area contributed by atoms with Crippen molar-refractivity contribution in [2.24, 2.45) is 0 Å². The zero-order valence-corrected chi connectivity index (χ0v) is 12.3. The van der Waals surface area contributed by atoms with Crippen LogP contribution in [0.2, 0.25) is 0 Å². The molecule has 0 aliphatic heterocycles. The molecule has 3 aromatic rings. The number of rotatable bonds is 3. The maximum Gasteiger partial charge on any atom is 0.261 e. The lowest BCUT2D eigenvalue weighted by molar-refractivity contribution is 0.102. The summed E-state index contributed by atoms with van der Waals surface area (Å²) in [6.45, 7) is 3.70. The lowest BCUT2D eigenvalue weighted by Crippen LogP contribution is -2.13. The zero-order valence-electron chi connectivity index (χ0n) is 12.3. The number of hydrogen-bond donors (Lipinski definition) is 1. The van der Waals surface area contributed by atoms with Crippen LogP contribution in [0.25, 0.3) is 5.65 Å². The molecule has 0 spiro atoms. The number of aryl methyl sites for hydroxylation is 2. The van der Waals surface area contributed by atoms with Gasteiger partial charge in [0.15, 0.2) is 11.4 Å². The molecule has 1 amide bonds. The summed E-state index contributed by atoms with van der Waals surface area (Å²) < 4.78 is 6.93. The molecule has 0 unspecified atom stereocenters. The number of aromatic nitrogens is 4. The standard InChI is InChI=1S/C15H15N5O2/c1-8-5-6-20-14(17-8)11(7-16-20)15(21)18-12-9(2)19-22-13(12)10-3-4-10/h5-7,10H,3-4H2,1-2H3,(H,18,21). The highest BCUT2D eigenvalue weighted by molar-refractivity contribution is 6.08. The van der Waals surface area contributed by atoms with Gasteiger partial charge in [-0.25, -0.2) is 9.50 Å². The van der Waals surface area contributed by atoms with Crippen LogP contribution in [0.3, 0.4) is 0 Å². The molecule has 0 bridgehead atoms. The Hall–Kier alpha value is -2.70. The summed E-state index contributed by atoms with van der Waals surface area (Å²) in [7, 11) is 0. The van der Waals surface area contributed by atoms with Gasteiger partial charge in [0.1, 0.15) is 16.9 Å².